The molecular weight excluding hydrogens is 408 g/mol. The lowest BCUT2D eigenvalue weighted by atomic mass is 10.0. The van der Waals surface area contributed by atoms with Gasteiger partial charge in [-0.25, -0.2) is 0 Å². The number of para-hydroxylation sites is 2. The minimum Gasteiger partial charge on any atom is -0.457 e. The first-order valence-electron chi connectivity index (χ1n) is 9.77. The third-order valence-electron chi connectivity index (χ3n) is 5.01. The zero-order valence-electron chi connectivity index (χ0n) is 16.7. The molecule has 0 bridgehead atoms. The lowest BCUT2D eigenvalue weighted by Gasteiger charge is -2.22. The largest absolute Gasteiger partial charge is 0.457 e. The summed E-state index contributed by atoms with van der Waals surface area (Å²) in [4.78, 5) is 2.50. The van der Waals surface area contributed by atoms with Crippen molar-refractivity contribution in [3.8, 4) is 34.1 Å². The lowest BCUT2D eigenvalue weighted by molar-refractivity contribution is 0.477. The number of aryl methyl sites for hydroxylation is 2. The number of rotatable bonds is 4. The zero-order valence-corrected chi connectivity index (χ0v) is 18.3. The average molecular weight is 429 g/mol. The molecule has 0 fully saturated rings. The highest BCUT2D eigenvalue weighted by Gasteiger charge is 2.22. The molecule has 4 aromatic carbocycles. The van der Waals surface area contributed by atoms with Gasteiger partial charge in [0.1, 0.15) is 23.0 Å². The van der Waals surface area contributed by atoms with Crippen LogP contribution in [0.15, 0.2) is 94.7 Å². The number of benzene rings is 4. The van der Waals surface area contributed by atoms with Gasteiger partial charge in [0.25, 0.3) is 0 Å². The summed E-state index contributed by atoms with van der Waals surface area (Å²) in [7, 11) is 3.60. The Hall–Kier alpha value is -2.82. The summed E-state index contributed by atoms with van der Waals surface area (Å²) in [5, 5.41) is 0. The molecule has 2 nitrogen and oxygen atoms in total. The van der Waals surface area contributed by atoms with Gasteiger partial charge in [-0.15, -0.1) is 0 Å². The van der Waals surface area contributed by atoms with Gasteiger partial charge in [-0.3, -0.25) is 0 Å². The summed E-state index contributed by atoms with van der Waals surface area (Å²) in [6, 6.07) is 28.6. The normalized spacial score (nSPS) is 12.1. The van der Waals surface area contributed by atoms with Gasteiger partial charge in [-0.2, -0.15) is 0 Å². The molecule has 1 heterocycles. The second-order valence-corrected chi connectivity index (χ2v) is 9.44. The van der Waals surface area contributed by atoms with E-state index in [9.17, 15) is 0 Å². The van der Waals surface area contributed by atoms with Crippen molar-refractivity contribution in [3.05, 3.63) is 96.1 Å². The minimum absolute atomic E-state index is 0.843. The molecule has 148 valence electrons. The van der Waals surface area contributed by atoms with E-state index in [4.69, 9.17) is 9.47 Å². The summed E-state index contributed by atoms with van der Waals surface area (Å²) >= 11 is 0. The van der Waals surface area contributed by atoms with Gasteiger partial charge >= 0.3 is 0 Å². The van der Waals surface area contributed by atoms with Crippen molar-refractivity contribution in [1.82, 2.24) is 0 Å². The molecule has 0 N–H and O–H groups in total. The predicted molar refractivity (Wildman–Crippen MR) is 126 cm³/mol. The summed E-state index contributed by atoms with van der Waals surface area (Å²) in [6.07, 6.45) is 0. The quantitative estimate of drug-likeness (QED) is 0.303. The molecule has 1 aliphatic heterocycles. The Labute approximate surface area is 184 Å². The highest BCUT2D eigenvalue weighted by atomic mass is 33.1. The third-order valence-corrected chi connectivity index (χ3v) is 7.45. The Morgan fingerprint density at radius 3 is 1.33 bits per heavy atom. The zero-order chi connectivity index (χ0) is 20.5. The molecule has 4 aromatic rings. The van der Waals surface area contributed by atoms with Crippen molar-refractivity contribution < 1.29 is 9.47 Å². The van der Waals surface area contributed by atoms with E-state index in [1.807, 2.05) is 60.7 Å². The summed E-state index contributed by atoms with van der Waals surface area (Å²) < 4.78 is 12.4. The Morgan fingerprint density at radius 1 is 0.533 bits per heavy atom. The molecule has 5 rings (SSSR count). The van der Waals surface area contributed by atoms with Crippen LogP contribution in [-0.4, -0.2) is 0 Å². The Balaban J connectivity index is 1.56. The van der Waals surface area contributed by atoms with E-state index < -0.39 is 0 Å². The van der Waals surface area contributed by atoms with Crippen molar-refractivity contribution in [1.29, 1.82) is 0 Å². The van der Waals surface area contributed by atoms with Gasteiger partial charge in [0.2, 0.25) is 0 Å². The van der Waals surface area contributed by atoms with Crippen LogP contribution in [0.2, 0.25) is 0 Å². The number of hydrogen-bond donors (Lipinski definition) is 0. The molecule has 0 saturated carbocycles. The van der Waals surface area contributed by atoms with E-state index in [1.54, 1.807) is 21.6 Å². The molecule has 0 aromatic heterocycles. The summed E-state index contributed by atoms with van der Waals surface area (Å²) in [5.41, 5.74) is 4.62. The molecule has 0 saturated heterocycles. The van der Waals surface area contributed by atoms with Crippen molar-refractivity contribution in [2.45, 2.75) is 23.6 Å². The monoisotopic (exact) mass is 428 g/mol. The van der Waals surface area contributed by atoms with Crippen molar-refractivity contribution in [2.75, 3.05) is 0 Å². The maximum absolute atomic E-state index is 6.19. The van der Waals surface area contributed by atoms with Gasteiger partial charge < -0.3 is 9.47 Å². The molecule has 30 heavy (non-hydrogen) atoms. The Morgan fingerprint density at radius 2 is 0.933 bits per heavy atom. The SMILES string of the molecule is Cc1cc2c(cc1Oc1ccccc1)-c1cc(Oc3ccccc3)c(C)cc1SS2. The standard InChI is InChI=1S/C26H20O2S2/c1-17-13-25-21(15-23(17)27-19-9-5-3-6-10-19)22-16-24(18(2)14-26(22)30-29-25)28-20-11-7-4-8-12-20/h3-16H,1-2H3. The molecule has 0 radical (unpaired) electrons. The van der Waals surface area contributed by atoms with Crippen LogP contribution in [0.25, 0.3) is 11.1 Å². The van der Waals surface area contributed by atoms with Crippen LogP contribution in [0.3, 0.4) is 0 Å². The van der Waals surface area contributed by atoms with E-state index in [0.29, 0.717) is 0 Å². The van der Waals surface area contributed by atoms with E-state index in [0.717, 1.165) is 34.1 Å². The molecule has 0 spiro atoms. The molecule has 0 aliphatic carbocycles. The highest BCUT2D eigenvalue weighted by Crippen LogP contribution is 2.54. The first kappa shape index (κ1) is 19.2. The third kappa shape index (κ3) is 3.81. The number of fused-ring (bicyclic) bond motifs is 3. The van der Waals surface area contributed by atoms with Crippen molar-refractivity contribution in [3.63, 3.8) is 0 Å². The summed E-state index contributed by atoms with van der Waals surface area (Å²) in [6.45, 7) is 4.19. The van der Waals surface area contributed by atoms with Crippen LogP contribution in [0.5, 0.6) is 23.0 Å². The summed E-state index contributed by atoms with van der Waals surface area (Å²) in [5.74, 6) is 3.44. The van der Waals surface area contributed by atoms with E-state index in [2.05, 4.69) is 38.1 Å². The molecular formula is C26H20O2S2. The van der Waals surface area contributed by atoms with E-state index >= 15 is 0 Å². The second-order valence-electron chi connectivity index (χ2n) is 7.22. The van der Waals surface area contributed by atoms with Crippen LogP contribution in [0.4, 0.5) is 0 Å². The number of ether oxygens (including phenoxy) is 2. The predicted octanol–water partition coefficient (Wildman–Crippen LogP) is 8.67. The fourth-order valence-electron chi connectivity index (χ4n) is 3.42. The lowest BCUT2D eigenvalue weighted by Crippen LogP contribution is -1.96. The molecule has 4 heteroatoms. The van der Waals surface area contributed by atoms with Gasteiger partial charge in [-0.05, 0) is 73.5 Å². The van der Waals surface area contributed by atoms with Crippen LogP contribution < -0.4 is 9.47 Å². The van der Waals surface area contributed by atoms with Gasteiger partial charge in [-0.1, -0.05) is 58.0 Å². The maximum Gasteiger partial charge on any atom is 0.131 e. The second kappa shape index (κ2) is 8.13. The van der Waals surface area contributed by atoms with Crippen LogP contribution in [0, 0.1) is 13.8 Å². The first-order chi connectivity index (χ1) is 14.7. The van der Waals surface area contributed by atoms with E-state index in [1.165, 1.54) is 20.9 Å². The van der Waals surface area contributed by atoms with Crippen LogP contribution in [-0.2, 0) is 0 Å². The van der Waals surface area contributed by atoms with E-state index in [-0.39, 0.29) is 0 Å². The molecule has 0 atom stereocenters. The topological polar surface area (TPSA) is 18.5 Å². The van der Waals surface area contributed by atoms with Gasteiger partial charge in [0, 0.05) is 20.9 Å². The van der Waals surface area contributed by atoms with Crippen molar-refractivity contribution >= 4 is 21.6 Å². The first-order valence-corrected chi connectivity index (χ1v) is 11.9. The fourth-order valence-corrected chi connectivity index (χ4v) is 5.94. The van der Waals surface area contributed by atoms with Crippen LogP contribution >= 0.6 is 21.6 Å². The van der Waals surface area contributed by atoms with Crippen molar-refractivity contribution in [2.24, 2.45) is 0 Å². The molecule has 0 unspecified atom stereocenters. The molecule has 0 amide bonds. The smallest absolute Gasteiger partial charge is 0.131 e. The Bertz CT molecular complexity index is 1110. The molecule has 1 aliphatic rings. The highest BCUT2D eigenvalue weighted by molar-refractivity contribution is 8.76. The average Bonchev–Trinajstić information content (AvgIpc) is 2.76. The van der Waals surface area contributed by atoms with Gasteiger partial charge in [0.15, 0.2) is 0 Å². The van der Waals surface area contributed by atoms with Gasteiger partial charge in [0.05, 0.1) is 0 Å². The fraction of sp³-hybridized carbons (Fsp3) is 0.0769. The Kier molecular flexibility index (Phi) is 5.19. The van der Waals surface area contributed by atoms with Crippen LogP contribution in [0.1, 0.15) is 11.1 Å². The minimum atomic E-state index is 0.843. The maximum atomic E-state index is 6.19. The number of hydrogen-bond acceptors (Lipinski definition) is 4.